The molecule has 10 heteroatoms. The third-order valence-corrected chi connectivity index (χ3v) is 6.35. The van der Waals surface area contributed by atoms with E-state index in [1.165, 1.54) is 18.2 Å². The van der Waals surface area contributed by atoms with Gasteiger partial charge in [-0.3, -0.25) is 9.78 Å². The zero-order valence-corrected chi connectivity index (χ0v) is 17.5. The number of nitrogens with one attached hydrogen (secondary N) is 1. The Morgan fingerprint density at radius 2 is 2.00 bits per heavy atom. The molecule has 0 bridgehead atoms. The molecule has 1 saturated carbocycles. The number of aromatic nitrogens is 1. The maximum atomic E-state index is 13.2. The van der Waals surface area contributed by atoms with Crippen LogP contribution in [0.5, 0.6) is 0 Å². The van der Waals surface area contributed by atoms with Gasteiger partial charge in [0.25, 0.3) is 6.43 Å². The van der Waals surface area contributed by atoms with Crippen LogP contribution >= 0.6 is 11.6 Å². The minimum Gasteiger partial charge on any atom is -0.353 e. The van der Waals surface area contributed by atoms with Crippen molar-refractivity contribution in [2.75, 3.05) is 11.6 Å². The van der Waals surface area contributed by atoms with Crippen LogP contribution in [0.1, 0.15) is 24.2 Å². The Kier molecular flexibility index (Phi) is 5.36. The highest BCUT2D eigenvalue weighted by Crippen LogP contribution is 2.39. The molecular weight excluding hydrogens is 436 g/mol. The van der Waals surface area contributed by atoms with Gasteiger partial charge in [-0.05, 0) is 37.1 Å². The number of aliphatic imine (C=N–C) groups is 1. The number of halogens is 3. The van der Waals surface area contributed by atoms with E-state index in [1.807, 2.05) is 0 Å². The minimum atomic E-state index is -3.62. The predicted octanol–water partition coefficient (Wildman–Crippen LogP) is 4.30. The predicted molar refractivity (Wildman–Crippen MR) is 110 cm³/mol. The lowest BCUT2D eigenvalue weighted by Gasteiger charge is -2.15. The first-order valence-corrected chi connectivity index (χ1v) is 11.6. The summed E-state index contributed by atoms with van der Waals surface area (Å²) in [5.74, 6) is 0.0992. The van der Waals surface area contributed by atoms with Crippen LogP contribution in [0.15, 0.2) is 34.2 Å². The van der Waals surface area contributed by atoms with Crippen LogP contribution in [0.3, 0.4) is 0 Å². The minimum absolute atomic E-state index is 0.0350. The lowest BCUT2D eigenvalue weighted by atomic mass is 10.1. The maximum absolute atomic E-state index is 13.2. The summed E-state index contributed by atoms with van der Waals surface area (Å²) in [6.07, 6.45) is 0.00778. The van der Waals surface area contributed by atoms with Gasteiger partial charge < -0.3 is 5.32 Å². The van der Waals surface area contributed by atoms with Crippen molar-refractivity contribution in [3.05, 3.63) is 40.7 Å². The van der Waals surface area contributed by atoms with Crippen molar-refractivity contribution in [1.82, 2.24) is 4.98 Å². The third kappa shape index (κ3) is 4.37. The standard InChI is InChI=1S/C20H18ClF2N3O3S/c1-30(28,29)18-6-11(21)4-5-13(18)25-14-7-12(8-17(27)10-2-3-10)24-15-9-16(20(22)23)26-19(14)15/h4-7,10,20H,2-3,8-9H2,1H3,(H,24,25). The van der Waals surface area contributed by atoms with E-state index in [1.54, 1.807) is 6.07 Å². The van der Waals surface area contributed by atoms with Crippen molar-refractivity contribution in [3.63, 3.8) is 0 Å². The van der Waals surface area contributed by atoms with Gasteiger partial charge in [-0.1, -0.05) is 11.6 Å². The Hall–Kier alpha value is -2.39. The number of carbonyl (C=O) groups excluding carboxylic acids is 1. The molecule has 0 unspecified atom stereocenters. The highest BCUT2D eigenvalue weighted by molar-refractivity contribution is 7.90. The van der Waals surface area contributed by atoms with Crippen LogP contribution in [-0.2, 0) is 27.5 Å². The first-order chi connectivity index (χ1) is 14.1. The Morgan fingerprint density at radius 3 is 2.63 bits per heavy atom. The van der Waals surface area contributed by atoms with Crippen LogP contribution in [-0.4, -0.2) is 37.6 Å². The van der Waals surface area contributed by atoms with E-state index >= 15 is 0 Å². The summed E-state index contributed by atoms with van der Waals surface area (Å²) in [5, 5.41) is 3.23. The molecule has 1 aromatic carbocycles. The number of Topliss-reactive ketones (excluding diaryl/α,β-unsaturated/α-hetero) is 1. The Morgan fingerprint density at radius 1 is 1.27 bits per heavy atom. The molecule has 0 atom stereocenters. The molecule has 2 aliphatic rings. The van der Waals surface area contributed by atoms with E-state index in [4.69, 9.17) is 11.6 Å². The molecule has 1 aliphatic carbocycles. The fraction of sp³-hybridized carbons (Fsp3) is 0.350. The first kappa shape index (κ1) is 20.9. The zero-order valence-electron chi connectivity index (χ0n) is 16.0. The number of benzene rings is 1. The van der Waals surface area contributed by atoms with Crippen molar-refractivity contribution in [2.24, 2.45) is 10.9 Å². The Labute approximate surface area is 177 Å². The largest absolute Gasteiger partial charge is 0.353 e. The molecule has 0 spiro atoms. The molecule has 30 heavy (non-hydrogen) atoms. The van der Waals surface area contributed by atoms with Gasteiger partial charge in [0.05, 0.1) is 33.4 Å². The highest BCUT2D eigenvalue weighted by atomic mass is 35.5. The lowest BCUT2D eigenvalue weighted by molar-refractivity contribution is -0.119. The topological polar surface area (TPSA) is 88.5 Å². The van der Waals surface area contributed by atoms with Gasteiger partial charge >= 0.3 is 0 Å². The maximum Gasteiger partial charge on any atom is 0.277 e. The number of ketones is 1. The fourth-order valence-corrected chi connectivity index (χ4v) is 4.44. The number of fused-ring (bicyclic) bond motifs is 1. The molecule has 0 radical (unpaired) electrons. The number of nitrogens with zero attached hydrogens (tertiary/aromatic N) is 2. The molecular formula is C20H18ClF2N3O3S. The van der Waals surface area contributed by atoms with E-state index in [0.717, 1.165) is 19.1 Å². The monoisotopic (exact) mass is 453 g/mol. The molecule has 158 valence electrons. The van der Waals surface area contributed by atoms with E-state index in [0.29, 0.717) is 17.1 Å². The number of pyridine rings is 1. The molecule has 2 heterocycles. The summed E-state index contributed by atoms with van der Waals surface area (Å²) in [7, 11) is -3.62. The van der Waals surface area contributed by atoms with Crippen molar-refractivity contribution in [3.8, 4) is 0 Å². The smallest absolute Gasteiger partial charge is 0.277 e. The molecule has 1 fully saturated rings. The molecule has 1 N–H and O–H groups in total. The van der Waals surface area contributed by atoms with Gasteiger partial charge in [0, 0.05) is 30.0 Å². The van der Waals surface area contributed by atoms with Gasteiger partial charge in [0.2, 0.25) is 0 Å². The van der Waals surface area contributed by atoms with Crippen LogP contribution in [0.25, 0.3) is 0 Å². The summed E-state index contributed by atoms with van der Waals surface area (Å²) in [6, 6.07) is 5.89. The van der Waals surface area contributed by atoms with E-state index < -0.39 is 16.3 Å². The normalized spacial score (nSPS) is 15.8. The van der Waals surface area contributed by atoms with Crippen LogP contribution < -0.4 is 5.32 Å². The molecule has 6 nitrogen and oxygen atoms in total. The van der Waals surface area contributed by atoms with Crippen molar-refractivity contribution in [2.45, 2.75) is 37.0 Å². The van der Waals surface area contributed by atoms with Gasteiger partial charge in [0.1, 0.15) is 11.5 Å². The van der Waals surface area contributed by atoms with Gasteiger partial charge in [-0.15, -0.1) is 0 Å². The number of sulfone groups is 1. The fourth-order valence-electron chi connectivity index (χ4n) is 3.34. The molecule has 0 saturated heterocycles. The average Bonchev–Trinajstić information content (AvgIpc) is 3.41. The molecule has 2 aromatic rings. The van der Waals surface area contributed by atoms with Crippen LogP contribution in [0, 0.1) is 5.92 Å². The van der Waals surface area contributed by atoms with Crippen molar-refractivity contribution >= 4 is 50.0 Å². The number of anilines is 2. The number of carbonyl (C=O) groups is 1. The molecule has 1 aliphatic heterocycles. The van der Waals surface area contributed by atoms with E-state index in [-0.39, 0.29) is 51.5 Å². The van der Waals surface area contributed by atoms with Gasteiger partial charge in [-0.25, -0.2) is 22.2 Å². The second-order valence-electron chi connectivity index (χ2n) is 7.49. The SMILES string of the molecule is CS(=O)(=O)c1cc(Cl)ccc1Nc1cc(CC(=O)C2CC2)nc2c1N=C(C(F)F)C2. The lowest BCUT2D eigenvalue weighted by Crippen LogP contribution is -2.11. The highest BCUT2D eigenvalue weighted by Gasteiger charge is 2.31. The summed E-state index contributed by atoms with van der Waals surface area (Å²) in [4.78, 5) is 20.6. The summed E-state index contributed by atoms with van der Waals surface area (Å²) in [6.45, 7) is 0. The van der Waals surface area contributed by atoms with E-state index in [2.05, 4.69) is 15.3 Å². The summed E-state index contributed by atoms with van der Waals surface area (Å²) in [5.41, 5.74) is 1.24. The van der Waals surface area contributed by atoms with Crippen molar-refractivity contribution in [1.29, 1.82) is 0 Å². The number of rotatable bonds is 7. The molecule has 4 rings (SSSR count). The number of hydrogen-bond acceptors (Lipinski definition) is 6. The molecule has 0 amide bonds. The zero-order chi connectivity index (χ0) is 21.6. The van der Waals surface area contributed by atoms with Crippen LogP contribution in [0.2, 0.25) is 5.02 Å². The summed E-state index contributed by atoms with van der Waals surface area (Å²) >= 11 is 5.95. The van der Waals surface area contributed by atoms with E-state index in [9.17, 15) is 22.0 Å². The second-order valence-corrected chi connectivity index (χ2v) is 9.91. The summed E-state index contributed by atoms with van der Waals surface area (Å²) < 4.78 is 50.8. The van der Waals surface area contributed by atoms with Crippen molar-refractivity contribution < 1.29 is 22.0 Å². The average molecular weight is 454 g/mol. The van der Waals surface area contributed by atoms with Crippen LogP contribution in [0.4, 0.5) is 25.8 Å². The Balaban J connectivity index is 1.77. The van der Waals surface area contributed by atoms with Gasteiger partial charge in [0.15, 0.2) is 9.84 Å². The van der Waals surface area contributed by atoms with Gasteiger partial charge in [-0.2, -0.15) is 0 Å². The Bertz CT molecular complexity index is 1180. The number of alkyl halides is 2. The molecule has 1 aromatic heterocycles. The number of hydrogen-bond donors (Lipinski definition) is 1. The third-order valence-electron chi connectivity index (χ3n) is 4.97. The first-order valence-electron chi connectivity index (χ1n) is 9.29. The second kappa shape index (κ2) is 7.70. The quantitative estimate of drug-likeness (QED) is 0.675.